The molecule has 0 atom stereocenters. The largest absolute Gasteiger partial charge is 0.372 e. The van der Waals surface area contributed by atoms with Crippen LogP contribution in [0.1, 0.15) is 24.4 Å². The van der Waals surface area contributed by atoms with Gasteiger partial charge in [-0.3, -0.25) is 0 Å². The zero-order valence-electron chi connectivity index (χ0n) is 17.5. The molecule has 0 aliphatic heterocycles. The Hall–Kier alpha value is -3.17. The molecule has 0 saturated heterocycles. The van der Waals surface area contributed by atoms with Crippen molar-refractivity contribution < 1.29 is 0 Å². The third-order valence-corrected chi connectivity index (χ3v) is 6.24. The van der Waals surface area contributed by atoms with Gasteiger partial charge in [0.25, 0.3) is 0 Å². The average Bonchev–Trinajstić information content (AvgIpc) is 3.25. The Balaban J connectivity index is 1.64. The van der Waals surface area contributed by atoms with Gasteiger partial charge in [0.2, 0.25) is 0 Å². The lowest BCUT2D eigenvalue weighted by atomic mass is 10.1. The molecule has 0 radical (unpaired) electrons. The van der Waals surface area contributed by atoms with Crippen LogP contribution >= 0.6 is 11.3 Å². The molecule has 2 nitrogen and oxygen atoms in total. The SMILES string of the molecule is CCN(CC)c1ccc(/C=C/c2nc(-c3ccccc3)c(-c3ccccc3)s2)cc1. The Bertz CT molecular complexity index is 1040. The first-order valence-electron chi connectivity index (χ1n) is 10.4. The highest BCUT2D eigenvalue weighted by molar-refractivity contribution is 7.16. The van der Waals surface area contributed by atoms with Crippen molar-refractivity contribution in [2.24, 2.45) is 0 Å². The van der Waals surface area contributed by atoms with E-state index in [2.05, 4.69) is 110 Å². The number of rotatable bonds is 7. The lowest BCUT2D eigenvalue weighted by molar-refractivity contribution is 0.866. The van der Waals surface area contributed by atoms with Crippen molar-refractivity contribution in [2.75, 3.05) is 18.0 Å². The fraction of sp³-hybridized carbons (Fsp3) is 0.148. The second-order valence-corrected chi connectivity index (χ2v) is 8.09. The number of aromatic nitrogens is 1. The number of anilines is 1. The molecule has 0 saturated carbocycles. The van der Waals surface area contributed by atoms with E-state index in [1.165, 1.54) is 21.7 Å². The van der Waals surface area contributed by atoms with Crippen molar-refractivity contribution in [2.45, 2.75) is 13.8 Å². The first kappa shape index (κ1) is 20.1. The van der Waals surface area contributed by atoms with Gasteiger partial charge in [-0.2, -0.15) is 0 Å². The lowest BCUT2D eigenvalue weighted by Gasteiger charge is -2.20. The molecule has 3 aromatic carbocycles. The fourth-order valence-electron chi connectivity index (χ4n) is 3.54. The Morgan fingerprint density at radius 1 is 0.733 bits per heavy atom. The second-order valence-electron chi connectivity index (χ2n) is 7.06. The minimum absolute atomic E-state index is 1.01. The lowest BCUT2D eigenvalue weighted by Crippen LogP contribution is -2.21. The van der Waals surface area contributed by atoms with Crippen molar-refractivity contribution in [3.63, 3.8) is 0 Å². The van der Waals surface area contributed by atoms with E-state index in [9.17, 15) is 0 Å². The van der Waals surface area contributed by atoms with Crippen molar-refractivity contribution in [3.8, 4) is 21.7 Å². The first-order valence-corrected chi connectivity index (χ1v) is 11.2. The van der Waals surface area contributed by atoms with E-state index < -0.39 is 0 Å². The Morgan fingerprint density at radius 3 is 1.93 bits per heavy atom. The number of benzene rings is 3. The van der Waals surface area contributed by atoms with Gasteiger partial charge in [-0.15, -0.1) is 11.3 Å². The third-order valence-electron chi connectivity index (χ3n) is 5.17. The van der Waals surface area contributed by atoms with E-state index in [4.69, 9.17) is 4.98 Å². The Morgan fingerprint density at radius 2 is 1.33 bits per heavy atom. The maximum absolute atomic E-state index is 4.97. The van der Waals surface area contributed by atoms with Crippen molar-refractivity contribution in [3.05, 3.63) is 95.5 Å². The zero-order valence-corrected chi connectivity index (χ0v) is 18.3. The quantitative estimate of drug-likeness (QED) is 0.314. The minimum atomic E-state index is 1.01. The average molecular weight is 411 g/mol. The van der Waals surface area contributed by atoms with E-state index in [1.807, 2.05) is 6.07 Å². The van der Waals surface area contributed by atoms with E-state index >= 15 is 0 Å². The highest BCUT2D eigenvalue weighted by Gasteiger charge is 2.13. The normalized spacial score (nSPS) is 11.1. The van der Waals surface area contributed by atoms with Crippen LogP contribution in [0, 0.1) is 0 Å². The van der Waals surface area contributed by atoms with Crippen molar-refractivity contribution >= 4 is 29.2 Å². The first-order chi connectivity index (χ1) is 14.8. The van der Waals surface area contributed by atoms with Gasteiger partial charge in [0.15, 0.2) is 0 Å². The molecule has 0 amide bonds. The van der Waals surface area contributed by atoms with Crippen LogP contribution in [0.2, 0.25) is 0 Å². The zero-order chi connectivity index (χ0) is 20.8. The summed E-state index contributed by atoms with van der Waals surface area (Å²) in [5.41, 5.74) is 5.85. The van der Waals surface area contributed by atoms with Gasteiger partial charge in [-0.25, -0.2) is 4.98 Å². The smallest absolute Gasteiger partial charge is 0.117 e. The maximum Gasteiger partial charge on any atom is 0.117 e. The summed E-state index contributed by atoms with van der Waals surface area (Å²) in [6.07, 6.45) is 4.27. The predicted molar refractivity (Wildman–Crippen MR) is 132 cm³/mol. The van der Waals surface area contributed by atoms with Crippen molar-refractivity contribution in [1.82, 2.24) is 4.98 Å². The maximum atomic E-state index is 4.97. The highest BCUT2D eigenvalue weighted by atomic mass is 32.1. The number of nitrogens with zero attached hydrogens (tertiary/aromatic N) is 2. The molecule has 4 rings (SSSR count). The van der Waals surface area contributed by atoms with Crippen LogP contribution in [0.25, 0.3) is 33.9 Å². The summed E-state index contributed by atoms with van der Waals surface area (Å²) >= 11 is 1.74. The summed E-state index contributed by atoms with van der Waals surface area (Å²) in [6, 6.07) is 29.7. The van der Waals surface area contributed by atoms with Gasteiger partial charge in [0.1, 0.15) is 5.01 Å². The molecule has 4 aromatic rings. The molecule has 30 heavy (non-hydrogen) atoms. The van der Waals surface area contributed by atoms with Crippen LogP contribution in [0.3, 0.4) is 0 Å². The molecule has 0 unspecified atom stereocenters. The van der Waals surface area contributed by atoms with E-state index in [-0.39, 0.29) is 0 Å². The summed E-state index contributed by atoms with van der Waals surface area (Å²) in [6.45, 7) is 6.42. The molecule has 0 spiro atoms. The molecular formula is C27H26N2S. The molecule has 0 aliphatic rings. The molecule has 150 valence electrons. The van der Waals surface area contributed by atoms with Crippen LogP contribution in [-0.4, -0.2) is 18.1 Å². The molecule has 0 aliphatic carbocycles. The van der Waals surface area contributed by atoms with Crippen LogP contribution in [0.5, 0.6) is 0 Å². The molecular weight excluding hydrogens is 384 g/mol. The summed E-state index contributed by atoms with van der Waals surface area (Å²) in [5, 5.41) is 1.01. The van der Waals surface area contributed by atoms with Gasteiger partial charge in [0, 0.05) is 24.3 Å². The van der Waals surface area contributed by atoms with Gasteiger partial charge >= 0.3 is 0 Å². The molecule has 1 aromatic heterocycles. The van der Waals surface area contributed by atoms with Gasteiger partial charge < -0.3 is 4.90 Å². The highest BCUT2D eigenvalue weighted by Crippen LogP contribution is 2.37. The summed E-state index contributed by atoms with van der Waals surface area (Å²) in [7, 11) is 0. The molecule has 0 fully saturated rings. The standard InChI is InChI=1S/C27H26N2S/c1-3-29(4-2)24-18-15-21(16-19-24)17-20-25-28-26(22-11-7-5-8-12-22)27(30-25)23-13-9-6-10-14-23/h5-20H,3-4H2,1-2H3/b20-17+. The summed E-state index contributed by atoms with van der Waals surface area (Å²) < 4.78 is 0. The van der Waals surface area contributed by atoms with Crippen molar-refractivity contribution in [1.29, 1.82) is 0 Å². The number of hydrogen-bond donors (Lipinski definition) is 0. The number of thiazole rings is 1. The van der Waals surface area contributed by atoms with Gasteiger partial charge in [-0.05, 0) is 43.2 Å². The topological polar surface area (TPSA) is 16.1 Å². The minimum Gasteiger partial charge on any atom is -0.372 e. The molecule has 3 heteroatoms. The van der Waals surface area contributed by atoms with Crippen LogP contribution in [0.15, 0.2) is 84.9 Å². The van der Waals surface area contributed by atoms with E-state index in [1.54, 1.807) is 11.3 Å². The van der Waals surface area contributed by atoms with Crippen LogP contribution < -0.4 is 4.90 Å². The summed E-state index contributed by atoms with van der Waals surface area (Å²) in [4.78, 5) is 8.53. The van der Waals surface area contributed by atoms with Gasteiger partial charge in [-0.1, -0.05) is 78.9 Å². The second kappa shape index (κ2) is 9.55. The summed E-state index contributed by atoms with van der Waals surface area (Å²) in [5.74, 6) is 0. The van der Waals surface area contributed by atoms with Crippen LogP contribution in [0.4, 0.5) is 5.69 Å². The van der Waals surface area contributed by atoms with E-state index in [0.717, 1.165) is 29.4 Å². The third kappa shape index (κ3) is 4.52. The monoisotopic (exact) mass is 410 g/mol. The van der Waals surface area contributed by atoms with E-state index in [0.29, 0.717) is 0 Å². The predicted octanol–water partition coefficient (Wildman–Crippen LogP) is 7.49. The molecule has 0 bridgehead atoms. The molecule has 0 N–H and O–H groups in total. The number of hydrogen-bond acceptors (Lipinski definition) is 3. The molecule has 1 heterocycles. The Kier molecular flexibility index (Phi) is 6.41. The Labute approximate surface area is 183 Å². The van der Waals surface area contributed by atoms with Crippen LogP contribution in [-0.2, 0) is 0 Å². The van der Waals surface area contributed by atoms with Gasteiger partial charge in [0.05, 0.1) is 10.6 Å². The fourth-order valence-corrected chi connectivity index (χ4v) is 4.53.